The van der Waals surface area contributed by atoms with Crippen LogP contribution < -0.4 is 14.8 Å². The minimum absolute atomic E-state index is 0.0537. The molecule has 4 heteroatoms. The van der Waals surface area contributed by atoms with E-state index in [2.05, 4.69) is 5.32 Å². The number of nitrogens with one attached hydrogen (secondary N) is 1. The van der Waals surface area contributed by atoms with E-state index in [0.717, 1.165) is 11.5 Å². The van der Waals surface area contributed by atoms with Crippen molar-refractivity contribution >= 4 is 0 Å². The Bertz CT molecular complexity index is 390. The molecule has 1 aromatic rings. The fraction of sp³-hybridized carbons (Fsp3) is 0.500. The summed E-state index contributed by atoms with van der Waals surface area (Å²) in [5.74, 6) is 1.56. The zero-order valence-corrected chi connectivity index (χ0v) is 8.98. The molecule has 0 spiro atoms. The molecule has 16 heavy (non-hydrogen) atoms. The van der Waals surface area contributed by atoms with Gasteiger partial charge in [-0.2, -0.15) is 0 Å². The van der Waals surface area contributed by atoms with Crippen LogP contribution in [0.15, 0.2) is 24.3 Å². The van der Waals surface area contributed by atoms with Gasteiger partial charge in [-0.25, -0.2) is 0 Å². The van der Waals surface area contributed by atoms with Gasteiger partial charge < -0.3 is 19.9 Å². The number of hydrogen-bond donors (Lipinski definition) is 2. The Kier molecular flexibility index (Phi) is 2.26. The first-order valence-corrected chi connectivity index (χ1v) is 5.57. The Labute approximate surface area is 94.2 Å². The third kappa shape index (κ3) is 1.74. The van der Waals surface area contributed by atoms with Crippen LogP contribution in [0.2, 0.25) is 0 Å². The summed E-state index contributed by atoms with van der Waals surface area (Å²) in [5, 5.41) is 13.1. The summed E-state index contributed by atoms with van der Waals surface area (Å²) in [6, 6.07) is 7.63. The van der Waals surface area contributed by atoms with Gasteiger partial charge in [0.05, 0.1) is 5.60 Å². The second kappa shape index (κ2) is 3.64. The van der Waals surface area contributed by atoms with Gasteiger partial charge in [0.15, 0.2) is 11.5 Å². The molecule has 0 amide bonds. The largest absolute Gasteiger partial charge is 0.486 e. The number of aliphatic hydroxyl groups is 1. The van der Waals surface area contributed by atoms with E-state index in [0.29, 0.717) is 26.1 Å². The molecule has 0 aliphatic carbocycles. The Hall–Kier alpha value is -1.26. The summed E-state index contributed by atoms with van der Waals surface area (Å²) in [6.07, 6.45) is 0.566. The van der Waals surface area contributed by atoms with E-state index in [1.54, 1.807) is 0 Å². The average Bonchev–Trinajstić information content (AvgIpc) is 2.27. The average molecular weight is 221 g/mol. The maximum absolute atomic E-state index is 10.0. The Morgan fingerprint density at radius 1 is 1.31 bits per heavy atom. The molecule has 2 aliphatic rings. The van der Waals surface area contributed by atoms with Crippen LogP contribution in [-0.4, -0.2) is 36.5 Å². The second-order valence-electron chi connectivity index (χ2n) is 4.53. The number of fused-ring (bicyclic) bond motifs is 1. The molecule has 1 unspecified atom stereocenters. The van der Waals surface area contributed by atoms with Crippen LogP contribution in [0, 0.1) is 0 Å². The van der Waals surface area contributed by atoms with E-state index in [4.69, 9.17) is 9.47 Å². The molecule has 1 saturated heterocycles. The number of β-amino-alcohol motifs (C(OH)–C–C–N with tert-alkyl or cyclic N) is 1. The van der Waals surface area contributed by atoms with E-state index in [-0.39, 0.29) is 6.10 Å². The van der Waals surface area contributed by atoms with Crippen LogP contribution in [0.25, 0.3) is 0 Å². The lowest BCUT2D eigenvalue weighted by molar-refractivity contribution is -0.0562. The van der Waals surface area contributed by atoms with Crippen molar-refractivity contribution in [2.45, 2.75) is 18.1 Å². The zero-order valence-electron chi connectivity index (χ0n) is 8.98. The lowest BCUT2D eigenvalue weighted by Gasteiger charge is -2.40. The second-order valence-corrected chi connectivity index (χ2v) is 4.53. The molecular formula is C12H15NO3. The fourth-order valence-corrected chi connectivity index (χ4v) is 2.15. The van der Waals surface area contributed by atoms with Gasteiger partial charge in [0.1, 0.15) is 12.7 Å². The summed E-state index contributed by atoms with van der Waals surface area (Å²) in [7, 11) is 0. The highest BCUT2D eigenvalue weighted by atomic mass is 16.6. The van der Waals surface area contributed by atoms with Gasteiger partial charge in [0.25, 0.3) is 0 Å². The van der Waals surface area contributed by atoms with Gasteiger partial charge in [-0.15, -0.1) is 0 Å². The molecule has 0 bridgehead atoms. The molecule has 0 radical (unpaired) electrons. The van der Waals surface area contributed by atoms with Gasteiger partial charge in [-0.3, -0.25) is 0 Å². The SMILES string of the molecule is OC1(CC2COc3ccccc3O2)CNC1. The van der Waals surface area contributed by atoms with Crippen molar-refractivity contribution in [3.8, 4) is 11.5 Å². The van der Waals surface area contributed by atoms with E-state index in [1.165, 1.54) is 0 Å². The van der Waals surface area contributed by atoms with E-state index >= 15 is 0 Å². The van der Waals surface area contributed by atoms with Crippen LogP contribution in [0.3, 0.4) is 0 Å². The lowest BCUT2D eigenvalue weighted by atomic mass is 9.90. The Morgan fingerprint density at radius 2 is 2.06 bits per heavy atom. The Morgan fingerprint density at radius 3 is 2.75 bits per heavy atom. The number of hydrogen-bond acceptors (Lipinski definition) is 4. The molecule has 0 saturated carbocycles. The van der Waals surface area contributed by atoms with Crippen molar-refractivity contribution in [1.29, 1.82) is 0 Å². The summed E-state index contributed by atoms with van der Waals surface area (Å²) in [5.41, 5.74) is -0.611. The van der Waals surface area contributed by atoms with Crippen LogP contribution in [0.5, 0.6) is 11.5 Å². The molecule has 1 atom stereocenters. The summed E-state index contributed by atoms with van der Waals surface area (Å²) < 4.78 is 11.4. The highest BCUT2D eigenvalue weighted by Crippen LogP contribution is 2.33. The van der Waals surface area contributed by atoms with Gasteiger partial charge >= 0.3 is 0 Å². The third-order valence-electron chi connectivity index (χ3n) is 3.08. The smallest absolute Gasteiger partial charge is 0.161 e. The summed E-state index contributed by atoms with van der Waals surface area (Å²) in [6.45, 7) is 1.81. The van der Waals surface area contributed by atoms with E-state index in [9.17, 15) is 5.11 Å². The molecule has 2 heterocycles. The van der Waals surface area contributed by atoms with Crippen LogP contribution >= 0.6 is 0 Å². The number of benzene rings is 1. The monoisotopic (exact) mass is 221 g/mol. The van der Waals surface area contributed by atoms with Crippen molar-refractivity contribution in [2.75, 3.05) is 19.7 Å². The standard InChI is InChI=1S/C12H15NO3/c14-12(7-13-8-12)5-9-6-15-10-3-1-2-4-11(10)16-9/h1-4,9,13-14H,5-8H2. The van der Waals surface area contributed by atoms with Crippen LogP contribution in [-0.2, 0) is 0 Å². The van der Waals surface area contributed by atoms with Gasteiger partial charge in [-0.05, 0) is 12.1 Å². The van der Waals surface area contributed by atoms with E-state index in [1.807, 2.05) is 24.3 Å². The highest BCUT2D eigenvalue weighted by molar-refractivity contribution is 5.40. The number of para-hydroxylation sites is 2. The first-order chi connectivity index (χ1) is 7.75. The summed E-state index contributed by atoms with van der Waals surface area (Å²) >= 11 is 0. The van der Waals surface area contributed by atoms with Gasteiger partial charge in [-0.1, -0.05) is 12.1 Å². The summed E-state index contributed by atoms with van der Waals surface area (Å²) in [4.78, 5) is 0. The lowest BCUT2D eigenvalue weighted by Crippen LogP contribution is -2.61. The van der Waals surface area contributed by atoms with Crippen LogP contribution in [0.1, 0.15) is 6.42 Å². The van der Waals surface area contributed by atoms with Crippen molar-refractivity contribution in [3.63, 3.8) is 0 Å². The molecule has 2 aliphatic heterocycles. The normalized spacial score (nSPS) is 25.9. The molecule has 1 fully saturated rings. The van der Waals surface area contributed by atoms with Crippen molar-refractivity contribution in [1.82, 2.24) is 5.32 Å². The van der Waals surface area contributed by atoms with Gasteiger partial charge in [0, 0.05) is 19.5 Å². The maximum Gasteiger partial charge on any atom is 0.161 e. The first kappa shape index (κ1) is 9.93. The zero-order chi connectivity index (χ0) is 11.0. The predicted molar refractivity (Wildman–Crippen MR) is 58.8 cm³/mol. The molecule has 1 aromatic carbocycles. The van der Waals surface area contributed by atoms with E-state index < -0.39 is 5.60 Å². The molecular weight excluding hydrogens is 206 g/mol. The van der Waals surface area contributed by atoms with Crippen molar-refractivity contribution in [3.05, 3.63) is 24.3 Å². The van der Waals surface area contributed by atoms with Crippen molar-refractivity contribution in [2.24, 2.45) is 0 Å². The van der Waals surface area contributed by atoms with Gasteiger partial charge in [0.2, 0.25) is 0 Å². The molecule has 86 valence electrons. The highest BCUT2D eigenvalue weighted by Gasteiger charge is 2.38. The molecule has 4 nitrogen and oxygen atoms in total. The fourth-order valence-electron chi connectivity index (χ4n) is 2.15. The Balaban J connectivity index is 1.68. The molecule has 2 N–H and O–H groups in total. The first-order valence-electron chi connectivity index (χ1n) is 5.57. The van der Waals surface area contributed by atoms with Crippen molar-refractivity contribution < 1.29 is 14.6 Å². The molecule has 3 rings (SSSR count). The van der Waals surface area contributed by atoms with Crippen LogP contribution in [0.4, 0.5) is 0 Å². The topological polar surface area (TPSA) is 50.7 Å². The predicted octanol–water partition coefficient (Wildman–Crippen LogP) is 0.551. The maximum atomic E-state index is 10.0. The molecule has 0 aromatic heterocycles. The minimum Gasteiger partial charge on any atom is -0.486 e. The quantitative estimate of drug-likeness (QED) is 0.765. The minimum atomic E-state index is -0.611. The third-order valence-corrected chi connectivity index (χ3v) is 3.08. The number of ether oxygens (including phenoxy) is 2. The number of rotatable bonds is 2.